The number of hydrogen-bond acceptors (Lipinski definition) is 2. The van der Waals surface area contributed by atoms with Crippen LogP contribution in [0.25, 0.3) is 76.6 Å². The van der Waals surface area contributed by atoms with Gasteiger partial charge in [-0.1, -0.05) is 24.3 Å². The summed E-state index contributed by atoms with van der Waals surface area (Å²) in [5, 5.41) is 9.78. The monoisotopic (exact) mass is 561 g/mol. The van der Waals surface area contributed by atoms with Crippen molar-refractivity contribution in [3.8, 4) is 17.3 Å². The maximum atomic E-state index is 6.98. The van der Waals surface area contributed by atoms with Gasteiger partial charge in [-0.2, -0.15) is 18.1 Å². The van der Waals surface area contributed by atoms with Crippen LogP contribution in [0.2, 0.25) is 0 Å². The van der Waals surface area contributed by atoms with Gasteiger partial charge in [-0.05, 0) is 60.7 Å². The number of benzene rings is 4. The van der Waals surface area contributed by atoms with Gasteiger partial charge in [-0.15, -0.1) is 0 Å². The normalized spacial score (nSPS) is 17.4. The third-order valence-corrected chi connectivity index (χ3v) is 10.7. The second-order valence-corrected chi connectivity index (χ2v) is 12.4. The fraction of sp³-hybridized carbons (Fsp3) is 0.0263. The van der Waals surface area contributed by atoms with Crippen molar-refractivity contribution in [2.75, 3.05) is 0 Å². The first-order valence-electron chi connectivity index (χ1n) is 15.1. The Labute approximate surface area is 248 Å². The van der Waals surface area contributed by atoms with E-state index in [2.05, 4.69) is 121 Å². The number of hydrogen-bond donors (Lipinski definition) is 0. The molecule has 200 valence electrons. The summed E-state index contributed by atoms with van der Waals surface area (Å²) in [4.78, 5) is 4.72. The van der Waals surface area contributed by atoms with E-state index in [1.165, 1.54) is 71.0 Å². The molecule has 3 aliphatic rings. The van der Waals surface area contributed by atoms with Gasteiger partial charge in [0.25, 0.3) is 11.5 Å². The van der Waals surface area contributed by atoms with Crippen LogP contribution in [-0.4, -0.2) is 14.0 Å². The van der Waals surface area contributed by atoms with E-state index < -0.39 is 5.66 Å². The number of ether oxygens (including phenoxy) is 1. The average molecular weight is 562 g/mol. The van der Waals surface area contributed by atoms with Crippen LogP contribution in [0.1, 0.15) is 11.1 Å². The van der Waals surface area contributed by atoms with E-state index in [-0.39, 0.29) is 0 Å². The second-order valence-electron chi connectivity index (χ2n) is 12.4. The molecular formula is C38H19N5O+2. The molecule has 1 atom stereocenters. The molecule has 1 spiro atoms. The Balaban J connectivity index is 1.42. The van der Waals surface area contributed by atoms with Gasteiger partial charge in [0.05, 0.1) is 17.8 Å². The van der Waals surface area contributed by atoms with E-state index in [9.17, 15) is 0 Å². The summed E-state index contributed by atoms with van der Waals surface area (Å²) >= 11 is 0. The Bertz CT molecular complexity index is 3040. The van der Waals surface area contributed by atoms with E-state index in [1.807, 2.05) is 12.4 Å². The van der Waals surface area contributed by atoms with Crippen molar-refractivity contribution in [3.63, 3.8) is 0 Å². The first-order valence-corrected chi connectivity index (χ1v) is 15.1. The third kappa shape index (κ3) is 1.83. The molecule has 0 aliphatic carbocycles. The zero-order valence-corrected chi connectivity index (χ0v) is 23.1. The molecule has 6 aromatic heterocycles. The van der Waals surface area contributed by atoms with Gasteiger partial charge < -0.3 is 4.74 Å². The van der Waals surface area contributed by atoms with Crippen LogP contribution in [0.4, 0.5) is 0 Å². The van der Waals surface area contributed by atoms with Crippen molar-refractivity contribution >= 4 is 70.8 Å². The molecule has 1 unspecified atom stereocenters. The topological polar surface area (TPSA) is 39.2 Å². The minimum absolute atomic E-state index is 0.725. The van der Waals surface area contributed by atoms with Crippen LogP contribution in [0, 0.1) is 0 Å². The zero-order valence-electron chi connectivity index (χ0n) is 23.1. The summed E-state index contributed by atoms with van der Waals surface area (Å²) in [7, 11) is 0. The van der Waals surface area contributed by atoms with E-state index in [0.29, 0.717) is 0 Å². The van der Waals surface area contributed by atoms with Crippen LogP contribution in [0.5, 0.6) is 11.5 Å². The molecule has 13 rings (SSSR count). The van der Waals surface area contributed by atoms with Crippen LogP contribution < -0.4 is 13.9 Å². The molecule has 0 fully saturated rings. The van der Waals surface area contributed by atoms with Gasteiger partial charge in [-0.3, -0.25) is 4.98 Å². The van der Waals surface area contributed by atoms with E-state index in [1.54, 1.807) is 0 Å². The highest BCUT2D eigenvalue weighted by molar-refractivity contribution is 6.28. The molecule has 6 heteroatoms. The molecule has 0 bridgehead atoms. The Morgan fingerprint density at radius 1 is 0.591 bits per heavy atom. The molecule has 0 amide bonds. The Kier molecular flexibility index (Phi) is 2.99. The number of rotatable bonds is 0. The number of nitrogens with zero attached hydrogens (tertiary/aromatic N) is 5. The highest BCUT2D eigenvalue weighted by atomic mass is 16.5. The van der Waals surface area contributed by atoms with Crippen molar-refractivity contribution in [2.24, 2.45) is 0 Å². The predicted octanol–water partition coefficient (Wildman–Crippen LogP) is 7.09. The SMILES string of the molecule is c1cc[n+]2c(c1)-n1c3ccccc3c3ccc4c(c31)C21c2c(ccc3c5cncc6ccc7c8ccc[n+]1c8n(c23)c7c65)O4. The summed E-state index contributed by atoms with van der Waals surface area (Å²) in [5.41, 5.74) is 7.64. The van der Waals surface area contributed by atoms with Gasteiger partial charge in [-0.25, -0.2) is 0 Å². The molecule has 3 aliphatic heterocycles. The lowest BCUT2D eigenvalue weighted by molar-refractivity contribution is -0.960. The fourth-order valence-electron chi connectivity index (χ4n) is 9.31. The van der Waals surface area contributed by atoms with Crippen LogP contribution in [0.15, 0.2) is 116 Å². The fourth-order valence-corrected chi connectivity index (χ4v) is 9.31. The predicted molar refractivity (Wildman–Crippen MR) is 169 cm³/mol. The lowest BCUT2D eigenvalue weighted by atomic mass is 9.81. The molecule has 9 heterocycles. The molecule has 0 saturated heterocycles. The van der Waals surface area contributed by atoms with E-state index >= 15 is 0 Å². The lowest BCUT2D eigenvalue weighted by Gasteiger charge is -2.40. The van der Waals surface area contributed by atoms with Crippen molar-refractivity contribution in [2.45, 2.75) is 5.66 Å². The summed E-state index contributed by atoms with van der Waals surface area (Å²) in [6.45, 7) is 0. The summed E-state index contributed by atoms with van der Waals surface area (Å²) in [5.74, 6) is 2.91. The maximum Gasteiger partial charge on any atom is 0.321 e. The zero-order chi connectivity index (χ0) is 28.1. The Hall–Kier alpha value is -6.01. The van der Waals surface area contributed by atoms with Crippen molar-refractivity contribution in [1.29, 1.82) is 0 Å². The summed E-state index contributed by atoms with van der Waals surface area (Å²) in [6.07, 6.45) is 8.57. The number of fused-ring (bicyclic) bond motifs is 7. The molecule has 0 saturated carbocycles. The minimum atomic E-state index is -0.725. The minimum Gasteiger partial charge on any atom is -0.456 e. The molecular weight excluding hydrogens is 542 g/mol. The molecule has 10 aromatic rings. The summed E-state index contributed by atoms with van der Waals surface area (Å²) < 4.78 is 16.9. The quantitative estimate of drug-likeness (QED) is 0.113. The van der Waals surface area contributed by atoms with Crippen molar-refractivity contribution in [1.82, 2.24) is 14.0 Å². The Morgan fingerprint density at radius 3 is 2.27 bits per heavy atom. The lowest BCUT2D eigenvalue weighted by Crippen LogP contribution is -2.78. The molecule has 0 radical (unpaired) electrons. The van der Waals surface area contributed by atoms with Gasteiger partial charge in [0.15, 0.2) is 11.0 Å². The van der Waals surface area contributed by atoms with Gasteiger partial charge in [0.1, 0.15) is 33.7 Å². The highest BCUT2D eigenvalue weighted by Gasteiger charge is 2.63. The van der Waals surface area contributed by atoms with E-state index in [0.717, 1.165) is 28.3 Å². The van der Waals surface area contributed by atoms with Crippen molar-refractivity contribution in [3.05, 3.63) is 127 Å². The number of aromatic nitrogens is 5. The maximum absolute atomic E-state index is 6.98. The second kappa shape index (κ2) is 6.33. The molecule has 4 aromatic carbocycles. The third-order valence-electron chi connectivity index (χ3n) is 10.7. The average Bonchev–Trinajstić information content (AvgIpc) is 3.61. The van der Waals surface area contributed by atoms with Gasteiger partial charge >= 0.3 is 5.66 Å². The number of para-hydroxylation sites is 1. The molecule has 44 heavy (non-hydrogen) atoms. The smallest absolute Gasteiger partial charge is 0.321 e. The molecule has 6 nitrogen and oxygen atoms in total. The molecule has 0 N–H and O–H groups in total. The first-order chi connectivity index (χ1) is 21.9. The van der Waals surface area contributed by atoms with Crippen molar-refractivity contribution < 1.29 is 13.9 Å². The summed E-state index contributed by atoms with van der Waals surface area (Å²) in [6, 6.07) is 33.2. The van der Waals surface area contributed by atoms with Gasteiger partial charge in [0, 0.05) is 56.2 Å². The number of pyridine rings is 4. The standard InChI is InChI=1S/C38H19N5O/c1-2-8-27-21(6-1)22-12-14-28-32-35(22)42(27)30-9-3-4-16-40(30)38(32)33-29(44-28)15-13-24-26-19-39-18-20-10-11-23-25-7-5-17-41(38)37(25)43(36(24)33)34(23)31(20)26/h1-19H/q+2. The van der Waals surface area contributed by atoms with Crippen LogP contribution in [-0.2, 0) is 5.66 Å². The largest absolute Gasteiger partial charge is 0.456 e. The van der Waals surface area contributed by atoms with Crippen LogP contribution in [0.3, 0.4) is 0 Å². The first kappa shape index (κ1) is 20.8. The Morgan fingerprint density at radius 2 is 1.34 bits per heavy atom. The van der Waals surface area contributed by atoms with E-state index in [4.69, 9.17) is 9.72 Å². The highest BCUT2D eigenvalue weighted by Crippen LogP contribution is 2.56. The van der Waals surface area contributed by atoms with Crippen LogP contribution >= 0.6 is 0 Å². The van der Waals surface area contributed by atoms with Gasteiger partial charge in [0.2, 0.25) is 0 Å².